The zero-order chi connectivity index (χ0) is 26.7. The summed E-state index contributed by atoms with van der Waals surface area (Å²) in [5, 5.41) is 4.53. The molecule has 3 N–H and O–H groups in total. The molecule has 38 heavy (non-hydrogen) atoms. The average molecular weight is 530 g/mol. The minimum absolute atomic E-state index is 0.0801. The quantitative estimate of drug-likeness (QED) is 0.168. The summed E-state index contributed by atoms with van der Waals surface area (Å²) >= 11 is 5.16. The van der Waals surface area contributed by atoms with Gasteiger partial charge in [-0.05, 0) is 66.3 Å². The largest absolute Gasteiger partial charge is 0.490 e. The van der Waals surface area contributed by atoms with Gasteiger partial charge in [-0.25, -0.2) is 0 Å². The summed E-state index contributed by atoms with van der Waals surface area (Å²) in [6, 6.07) is 29.6. The molecule has 9 heteroatoms. The van der Waals surface area contributed by atoms with E-state index in [4.69, 9.17) is 26.4 Å². The first kappa shape index (κ1) is 26.4. The van der Waals surface area contributed by atoms with Crippen molar-refractivity contribution < 1.29 is 23.8 Å². The lowest BCUT2D eigenvalue weighted by Crippen LogP contribution is -2.51. The SMILES string of the molecule is CC(Oc1ccc2ccccc2c1)C(=O)NNC(=S)NC(=O)c1ccccc1OCCOc1ccccc1. The molecular formula is C29H27N3O5S. The molecular weight excluding hydrogens is 502 g/mol. The van der Waals surface area contributed by atoms with Crippen molar-refractivity contribution in [1.29, 1.82) is 0 Å². The van der Waals surface area contributed by atoms with E-state index in [1.165, 1.54) is 0 Å². The molecule has 0 saturated heterocycles. The van der Waals surface area contributed by atoms with Gasteiger partial charge in [-0.1, -0.05) is 60.7 Å². The van der Waals surface area contributed by atoms with Crippen molar-refractivity contribution in [2.75, 3.05) is 13.2 Å². The monoisotopic (exact) mass is 529 g/mol. The van der Waals surface area contributed by atoms with E-state index < -0.39 is 17.9 Å². The molecule has 0 aliphatic carbocycles. The number of rotatable bonds is 9. The average Bonchev–Trinajstić information content (AvgIpc) is 2.94. The summed E-state index contributed by atoms with van der Waals surface area (Å²) in [5.41, 5.74) is 5.27. The Balaban J connectivity index is 1.23. The number of benzene rings is 4. The van der Waals surface area contributed by atoms with Crippen LogP contribution in [-0.2, 0) is 4.79 Å². The summed E-state index contributed by atoms with van der Waals surface area (Å²) in [6.45, 7) is 2.17. The van der Waals surface area contributed by atoms with E-state index in [1.807, 2.05) is 66.7 Å². The molecule has 0 aliphatic heterocycles. The highest BCUT2D eigenvalue weighted by Gasteiger charge is 2.17. The second kappa shape index (κ2) is 13.1. The number of hydrazine groups is 1. The van der Waals surface area contributed by atoms with Crippen LogP contribution in [-0.4, -0.2) is 36.2 Å². The fourth-order valence-corrected chi connectivity index (χ4v) is 3.67. The number of hydrogen-bond acceptors (Lipinski definition) is 6. The van der Waals surface area contributed by atoms with Gasteiger partial charge >= 0.3 is 0 Å². The number of ether oxygens (including phenoxy) is 3. The van der Waals surface area contributed by atoms with Gasteiger partial charge in [0.15, 0.2) is 11.2 Å². The third-order valence-electron chi connectivity index (χ3n) is 5.41. The Morgan fingerprint density at radius 1 is 0.763 bits per heavy atom. The Morgan fingerprint density at radius 2 is 1.45 bits per heavy atom. The highest BCUT2D eigenvalue weighted by molar-refractivity contribution is 7.80. The second-order valence-electron chi connectivity index (χ2n) is 8.17. The fraction of sp³-hybridized carbons (Fsp3) is 0.138. The molecule has 4 rings (SSSR count). The number of para-hydroxylation sites is 2. The first-order valence-electron chi connectivity index (χ1n) is 12.0. The van der Waals surface area contributed by atoms with Crippen molar-refractivity contribution >= 4 is 39.9 Å². The third kappa shape index (κ3) is 7.44. The first-order valence-corrected chi connectivity index (χ1v) is 12.4. The molecule has 0 saturated carbocycles. The molecule has 1 unspecified atom stereocenters. The Kier molecular flexibility index (Phi) is 9.09. The normalized spacial score (nSPS) is 11.2. The van der Waals surface area contributed by atoms with Gasteiger partial charge in [0.05, 0.1) is 5.56 Å². The van der Waals surface area contributed by atoms with Crippen LogP contribution in [0.2, 0.25) is 0 Å². The summed E-state index contributed by atoms with van der Waals surface area (Å²) in [4.78, 5) is 25.2. The Hall–Kier alpha value is -4.63. The minimum atomic E-state index is -0.811. The van der Waals surface area contributed by atoms with E-state index >= 15 is 0 Å². The zero-order valence-corrected chi connectivity index (χ0v) is 21.5. The highest BCUT2D eigenvalue weighted by Crippen LogP contribution is 2.21. The summed E-state index contributed by atoms with van der Waals surface area (Å²) in [6.07, 6.45) is -0.811. The van der Waals surface area contributed by atoms with Crippen LogP contribution in [0.4, 0.5) is 0 Å². The molecule has 0 aromatic heterocycles. The Morgan fingerprint density at radius 3 is 2.26 bits per heavy atom. The van der Waals surface area contributed by atoms with Gasteiger partial charge in [0.1, 0.15) is 30.5 Å². The smallest absolute Gasteiger partial charge is 0.279 e. The zero-order valence-electron chi connectivity index (χ0n) is 20.7. The molecule has 0 radical (unpaired) electrons. The minimum Gasteiger partial charge on any atom is -0.490 e. The molecule has 0 aliphatic rings. The van der Waals surface area contributed by atoms with Gasteiger partial charge in [-0.15, -0.1) is 0 Å². The summed E-state index contributed by atoms with van der Waals surface area (Å²) < 4.78 is 17.1. The third-order valence-corrected chi connectivity index (χ3v) is 5.62. The van der Waals surface area contributed by atoms with Crippen LogP contribution in [0.25, 0.3) is 10.8 Å². The lowest BCUT2D eigenvalue weighted by Gasteiger charge is -2.17. The molecule has 0 spiro atoms. The Labute approximate surface area is 225 Å². The molecule has 0 fully saturated rings. The van der Waals surface area contributed by atoms with Crippen LogP contribution in [0.5, 0.6) is 17.2 Å². The molecule has 1 atom stereocenters. The van der Waals surface area contributed by atoms with Crippen LogP contribution in [0.3, 0.4) is 0 Å². The Bertz CT molecular complexity index is 1410. The van der Waals surface area contributed by atoms with Gasteiger partial charge in [0, 0.05) is 0 Å². The molecule has 194 valence electrons. The standard InChI is InChI=1S/C29H27N3O5S/c1-20(37-24-16-15-21-9-5-6-10-22(21)19-24)27(33)31-32-29(38)30-28(34)25-13-7-8-14-26(25)36-18-17-35-23-11-3-2-4-12-23/h2-16,19-20H,17-18H2,1H3,(H,31,33)(H2,30,32,34,38). The van der Waals surface area contributed by atoms with E-state index in [0.717, 1.165) is 16.5 Å². The van der Waals surface area contributed by atoms with E-state index in [2.05, 4.69) is 16.2 Å². The number of thiocarbonyl (C=S) groups is 1. The highest BCUT2D eigenvalue weighted by atomic mass is 32.1. The van der Waals surface area contributed by atoms with E-state index in [9.17, 15) is 9.59 Å². The maximum absolute atomic E-state index is 12.8. The van der Waals surface area contributed by atoms with Crippen LogP contribution in [0.15, 0.2) is 97.1 Å². The van der Waals surface area contributed by atoms with Crippen LogP contribution in [0, 0.1) is 0 Å². The van der Waals surface area contributed by atoms with Gasteiger partial charge in [-0.3, -0.25) is 25.8 Å². The van der Waals surface area contributed by atoms with Crippen molar-refractivity contribution in [3.8, 4) is 17.2 Å². The predicted molar refractivity (Wildman–Crippen MR) is 149 cm³/mol. The van der Waals surface area contributed by atoms with E-state index in [-0.39, 0.29) is 17.3 Å². The predicted octanol–water partition coefficient (Wildman–Crippen LogP) is 4.40. The number of nitrogens with one attached hydrogen (secondary N) is 3. The van der Waals surface area contributed by atoms with Gasteiger partial charge in [0.2, 0.25) is 0 Å². The van der Waals surface area contributed by atoms with Gasteiger partial charge in [0.25, 0.3) is 11.8 Å². The summed E-state index contributed by atoms with van der Waals surface area (Å²) in [7, 11) is 0. The van der Waals surface area contributed by atoms with Crippen LogP contribution >= 0.6 is 12.2 Å². The van der Waals surface area contributed by atoms with Crippen molar-refractivity contribution in [1.82, 2.24) is 16.2 Å². The number of carbonyl (C=O) groups is 2. The van der Waals surface area contributed by atoms with Gasteiger partial charge in [-0.2, -0.15) is 0 Å². The second-order valence-corrected chi connectivity index (χ2v) is 8.58. The van der Waals surface area contributed by atoms with Crippen LogP contribution in [0.1, 0.15) is 17.3 Å². The number of carbonyl (C=O) groups excluding carboxylic acids is 2. The maximum Gasteiger partial charge on any atom is 0.279 e. The number of hydrogen-bond donors (Lipinski definition) is 3. The molecule has 4 aromatic rings. The first-order chi connectivity index (χ1) is 18.5. The van der Waals surface area contributed by atoms with Crippen molar-refractivity contribution in [2.45, 2.75) is 13.0 Å². The molecule has 4 aromatic carbocycles. The topological polar surface area (TPSA) is 97.9 Å². The lowest BCUT2D eigenvalue weighted by molar-refractivity contribution is -0.127. The fourth-order valence-electron chi connectivity index (χ4n) is 3.53. The lowest BCUT2D eigenvalue weighted by atomic mass is 10.1. The molecule has 0 heterocycles. The molecule has 2 amide bonds. The summed E-state index contributed by atoms with van der Waals surface area (Å²) in [5.74, 6) is 0.727. The molecule has 0 bridgehead atoms. The van der Waals surface area contributed by atoms with Gasteiger partial charge < -0.3 is 14.2 Å². The van der Waals surface area contributed by atoms with Crippen molar-refractivity contribution in [3.05, 3.63) is 103 Å². The number of amides is 2. The van der Waals surface area contributed by atoms with Crippen molar-refractivity contribution in [3.63, 3.8) is 0 Å². The molecule has 8 nitrogen and oxygen atoms in total. The van der Waals surface area contributed by atoms with E-state index in [1.54, 1.807) is 37.3 Å². The van der Waals surface area contributed by atoms with Crippen molar-refractivity contribution in [2.24, 2.45) is 0 Å². The maximum atomic E-state index is 12.8. The van der Waals surface area contributed by atoms with Crippen LogP contribution < -0.4 is 30.4 Å². The van der Waals surface area contributed by atoms with E-state index in [0.29, 0.717) is 18.1 Å². The number of fused-ring (bicyclic) bond motifs is 1.